The number of nitrogens with two attached hydrogens (primary N) is 1. The molecule has 0 bridgehead atoms. The van der Waals surface area contributed by atoms with Gasteiger partial charge in [0.1, 0.15) is 0 Å². The van der Waals surface area contributed by atoms with Crippen molar-refractivity contribution in [1.82, 2.24) is 10.3 Å². The van der Waals surface area contributed by atoms with Gasteiger partial charge in [0.05, 0.1) is 21.1 Å². The second-order valence-corrected chi connectivity index (χ2v) is 6.32. The number of allylic oxidation sites excluding steroid dienone is 2. The molecule has 0 aliphatic heterocycles. The fourth-order valence-electron chi connectivity index (χ4n) is 2.75. The molecular weight excluding hydrogens is 353 g/mol. The average Bonchev–Trinajstić information content (AvgIpc) is 2.96. The molecule has 1 heterocycles. The first-order valence-corrected chi connectivity index (χ1v) is 8.09. The Balaban J connectivity index is 0.00000132. The lowest BCUT2D eigenvalue weighted by Crippen LogP contribution is -2.37. The van der Waals surface area contributed by atoms with Gasteiger partial charge in [0.2, 0.25) is 5.91 Å². The maximum atomic E-state index is 12.3. The van der Waals surface area contributed by atoms with E-state index in [-0.39, 0.29) is 42.6 Å². The number of halogens is 2. The van der Waals surface area contributed by atoms with Crippen molar-refractivity contribution in [1.29, 1.82) is 0 Å². The molecule has 7 heteroatoms. The number of aromatic nitrogens is 1. The fraction of sp³-hybridized carbons (Fsp3) is 0.375. The Kier molecular flexibility index (Phi) is 7.99. The summed E-state index contributed by atoms with van der Waals surface area (Å²) in [5, 5.41) is 3.98. The largest absolute Gasteiger partial charge is 0.355 e. The summed E-state index contributed by atoms with van der Waals surface area (Å²) in [6.45, 7) is 1.01. The van der Waals surface area contributed by atoms with Gasteiger partial charge in [-0.15, -0.1) is 36.2 Å². The minimum Gasteiger partial charge on any atom is -0.355 e. The number of hydrogen-bond donors (Lipinski definition) is 2. The van der Waals surface area contributed by atoms with E-state index < -0.39 is 0 Å². The number of benzene rings is 1. The number of rotatable bonds is 4. The van der Waals surface area contributed by atoms with E-state index in [2.05, 4.69) is 23.5 Å². The van der Waals surface area contributed by atoms with Crippen LogP contribution in [0.25, 0.3) is 10.2 Å². The number of para-hydroxylation sites is 1. The van der Waals surface area contributed by atoms with E-state index in [4.69, 9.17) is 10.7 Å². The maximum Gasteiger partial charge on any atom is 0.224 e. The summed E-state index contributed by atoms with van der Waals surface area (Å²) in [5.41, 5.74) is 6.49. The van der Waals surface area contributed by atoms with Gasteiger partial charge in [-0.2, -0.15) is 0 Å². The SMILES string of the molecule is Cl.Cl.NCCNC(=O)C1CC=CCC1c1nc2ccccc2s1. The molecule has 1 amide bonds. The van der Waals surface area contributed by atoms with Crippen LogP contribution in [-0.2, 0) is 4.79 Å². The Labute approximate surface area is 152 Å². The maximum absolute atomic E-state index is 12.3. The summed E-state index contributed by atoms with van der Waals surface area (Å²) in [6.07, 6.45) is 5.90. The van der Waals surface area contributed by atoms with Crippen LogP contribution >= 0.6 is 36.2 Å². The second kappa shape index (κ2) is 9.23. The van der Waals surface area contributed by atoms with Crippen LogP contribution < -0.4 is 11.1 Å². The van der Waals surface area contributed by atoms with Crippen LogP contribution in [-0.4, -0.2) is 24.0 Å². The van der Waals surface area contributed by atoms with Gasteiger partial charge in [0.25, 0.3) is 0 Å². The van der Waals surface area contributed by atoms with Crippen LogP contribution in [0.15, 0.2) is 36.4 Å². The van der Waals surface area contributed by atoms with E-state index in [1.54, 1.807) is 11.3 Å². The Morgan fingerprint density at radius 1 is 1.26 bits per heavy atom. The lowest BCUT2D eigenvalue weighted by Gasteiger charge is -2.25. The van der Waals surface area contributed by atoms with Crippen LogP contribution in [0, 0.1) is 5.92 Å². The first-order chi connectivity index (χ1) is 10.3. The summed E-state index contributed by atoms with van der Waals surface area (Å²) in [5.74, 6) is 0.223. The van der Waals surface area contributed by atoms with Crippen molar-refractivity contribution in [2.45, 2.75) is 18.8 Å². The molecule has 23 heavy (non-hydrogen) atoms. The Hall–Kier alpha value is -1.14. The lowest BCUT2D eigenvalue weighted by atomic mass is 9.82. The van der Waals surface area contributed by atoms with E-state index in [1.165, 1.54) is 4.70 Å². The Bertz CT molecular complexity index is 641. The van der Waals surface area contributed by atoms with Crippen LogP contribution in [0.3, 0.4) is 0 Å². The molecule has 0 saturated heterocycles. The highest BCUT2D eigenvalue weighted by molar-refractivity contribution is 7.18. The Morgan fingerprint density at radius 2 is 2.00 bits per heavy atom. The lowest BCUT2D eigenvalue weighted by molar-refractivity contribution is -0.125. The average molecular weight is 374 g/mol. The molecule has 1 aromatic heterocycles. The Morgan fingerprint density at radius 3 is 2.74 bits per heavy atom. The number of fused-ring (bicyclic) bond motifs is 1. The van der Waals surface area contributed by atoms with E-state index in [0.717, 1.165) is 23.4 Å². The summed E-state index contributed by atoms with van der Waals surface area (Å²) < 4.78 is 1.18. The van der Waals surface area contributed by atoms with Gasteiger partial charge in [-0.1, -0.05) is 24.3 Å². The monoisotopic (exact) mass is 373 g/mol. The number of nitrogens with one attached hydrogen (secondary N) is 1. The quantitative estimate of drug-likeness (QED) is 0.808. The highest BCUT2D eigenvalue weighted by Crippen LogP contribution is 2.38. The van der Waals surface area contributed by atoms with Crippen LogP contribution in [0.2, 0.25) is 0 Å². The van der Waals surface area contributed by atoms with Crippen LogP contribution in [0.1, 0.15) is 23.8 Å². The molecule has 0 radical (unpaired) electrons. The number of carbonyl (C=O) groups is 1. The molecule has 1 aliphatic rings. The third kappa shape index (κ3) is 4.44. The van der Waals surface area contributed by atoms with Gasteiger partial charge in [-0.3, -0.25) is 4.79 Å². The molecule has 0 fully saturated rings. The number of carbonyl (C=O) groups excluding carboxylic acids is 1. The summed E-state index contributed by atoms with van der Waals surface area (Å²) in [4.78, 5) is 17.1. The van der Waals surface area contributed by atoms with E-state index in [1.807, 2.05) is 18.2 Å². The topological polar surface area (TPSA) is 68.0 Å². The van der Waals surface area contributed by atoms with Crippen molar-refractivity contribution in [3.8, 4) is 0 Å². The van der Waals surface area contributed by atoms with Crippen molar-refractivity contribution in [3.05, 3.63) is 41.4 Å². The fourth-order valence-corrected chi connectivity index (χ4v) is 3.90. The zero-order valence-electron chi connectivity index (χ0n) is 12.6. The van der Waals surface area contributed by atoms with Crippen molar-refractivity contribution < 1.29 is 4.79 Å². The molecule has 3 N–H and O–H groups in total. The van der Waals surface area contributed by atoms with Gasteiger partial charge in [-0.05, 0) is 25.0 Å². The van der Waals surface area contributed by atoms with E-state index >= 15 is 0 Å². The van der Waals surface area contributed by atoms with Gasteiger partial charge in [0.15, 0.2) is 0 Å². The second-order valence-electron chi connectivity index (χ2n) is 5.26. The summed E-state index contributed by atoms with van der Waals surface area (Å²) in [6, 6.07) is 8.13. The predicted octanol–water partition coefficient (Wildman–Crippen LogP) is 3.26. The summed E-state index contributed by atoms with van der Waals surface area (Å²) >= 11 is 1.70. The van der Waals surface area contributed by atoms with E-state index in [9.17, 15) is 4.79 Å². The third-order valence-corrected chi connectivity index (χ3v) is 5.01. The van der Waals surface area contributed by atoms with Crippen LogP contribution in [0.4, 0.5) is 0 Å². The molecule has 1 aliphatic carbocycles. The number of amides is 1. The minimum atomic E-state index is -0.0397. The first-order valence-electron chi connectivity index (χ1n) is 7.28. The van der Waals surface area contributed by atoms with Gasteiger partial charge in [0, 0.05) is 19.0 Å². The summed E-state index contributed by atoms with van der Waals surface area (Å²) in [7, 11) is 0. The number of hydrogen-bond acceptors (Lipinski definition) is 4. The smallest absolute Gasteiger partial charge is 0.224 e. The highest BCUT2D eigenvalue weighted by atomic mass is 35.5. The van der Waals surface area contributed by atoms with Gasteiger partial charge in [-0.25, -0.2) is 4.98 Å². The molecule has 126 valence electrons. The molecule has 0 saturated carbocycles. The molecule has 3 rings (SSSR count). The molecule has 0 spiro atoms. The number of nitrogens with zero attached hydrogens (tertiary/aromatic N) is 1. The van der Waals surface area contributed by atoms with Crippen molar-refractivity contribution >= 4 is 52.3 Å². The first kappa shape index (κ1) is 19.9. The molecule has 2 aromatic rings. The minimum absolute atomic E-state index is 0. The molecular formula is C16H21Cl2N3OS. The predicted molar refractivity (Wildman–Crippen MR) is 101 cm³/mol. The van der Waals surface area contributed by atoms with Gasteiger partial charge < -0.3 is 11.1 Å². The standard InChI is InChI=1S/C16H19N3OS.2ClH/c17-9-10-18-15(20)11-5-1-2-6-12(11)16-19-13-7-3-4-8-14(13)21-16;;/h1-4,7-8,11-12H,5-6,9-10,17H2,(H,18,20);2*1H. The van der Waals surface area contributed by atoms with Gasteiger partial charge >= 0.3 is 0 Å². The van der Waals surface area contributed by atoms with Crippen molar-refractivity contribution in [2.24, 2.45) is 11.7 Å². The molecule has 1 aromatic carbocycles. The molecule has 4 nitrogen and oxygen atoms in total. The third-order valence-electron chi connectivity index (χ3n) is 3.84. The number of thiazole rings is 1. The highest BCUT2D eigenvalue weighted by Gasteiger charge is 2.31. The van der Waals surface area contributed by atoms with Crippen molar-refractivity contribution in [2.75, 3.05) is 13.1 Å². The van der Waals surface area contributed by atoms with Crippen molar-refractivity contribution in [3.63, 3.8) is 0 Å². The normalized spacial score (nSPS) is 19.7. The molecule has 2 unspecified atom stereocenters. The zero-order chi connectivity index (χ0) is 14.7. The van der Waals surface area contributed by atoms with E-state index in [0.29, 0.717) is 13.1 Å². The van der Waals surface area contributed by atoms with Crippen LogP contribution in [0.5, 0.6) is 0 Å². The zero-order valence-corrected chi connectivity index (χ0v) is 15.1. The molecule has 2 atom stereocenters.